The second-order valence-electron chi connectivity index (χ2n) is 8.25. The first-order valence-corrected chi connectivity index (χ1v) is 10.2. The summed E-state index contributed by atoms with van der Waals surface area (Å²) in [6.07, 6.45) is 4.70. The van der Waals surface area contributed by atoms with Gasteiger partial charge in [0.1, 0.15) is 11.7 Å². The van der Waals surface area contributed by atoms with Crippen molar-refractivity contribution in [2.75, 3.05) is 0 Å². The molecule has 3 rings (SSSR count). The van der Waals surface area contributed by atoms with Gasteiger partial charge in [-0.25, -0.2) is 0 Å². The first kappa shape index (κ1) is 20.6. The van der Waals surface area contributed by atoms with E-state index in [2.05, 4.69) is 31.2 Å². The highest BCUT2D eigenvalue weighted by Gasteiger charge is 2.58. The minimum atomic E-state index is -1.69. The van der Waals surface area contributed by atoms with Crippen molar-refractivity contribution >= 4 is 5.71 Å². The van der Waals surface area contributed by atoms with Crippen LogP contribution in [0.25, 0.3) is 0 Å². The summed E-state index contributed by atoms with van der Waals surface area (Å²) in [5, 5.41) is 38.8. The van der Waals surface area contributed by atoms with Crippen molar-refractivity contribution in [3.8, 4) is 24.0 Å². The molecule has 0 aliphatic heterocycles. The van der Waals surface area contributed by atoms with E-state index < -0.39 is 17.3 Å². The molecule has 2 aliphatic carbocycles. The molecule has 0 bridgehead atoms. The third-order valence-corrected chi connectivity index (χ3v) is 6.29. The molecule has 1 saturated carbocycles. The number of ether oxygens (including phenoxy) is 1. The molecule has 2 aliphatic rings. The summed E-state index contributed by atoms with van der Waals surface area (Å²) in [7, 11) is 0. The van der Waals surface area contributed by atoms with Crippen LogP contribution in [0, 0.1) is 62.6 Å². The van der Waals surface area contributed by atoms with Gasteiger partial charge < -0.3 is 10.1 Å². The number of allylic oxidation sites excluding steroid dienone is 2. The molecule has 1 aromatic rings. The fourth-order valence-electron chi connectivity index (χ4n) is 4.88. The molecule has 0 aromatic heterocycles. The Morgan fingerprint density at radius 2 is 1.90 bits per heavy atom. The monoisotopic (exact) mass is 386 g/mol. The predicted molar refractivity (Wildman–Crippen MR) is 110 cm³/mol. The van der Waals surface area contributed by atoms with Crippen molar-refractivity contribution in [1.29, 1.82) is 21.2 Å². The van der Waals surface area contributed by atoms with Crippen molar-refractivity contribution in [2.24, 2.45) is 23.2 Å². The van der Waals surface area contributed by atoms with E-state index in [0.717, 1.165) is 30.4 Å². The van der Waals surface area contributed by atoms with E-state index in [9.17, 15) is 15.8 Å². The van der Waals surface area contributed by atoms with Crippen LogP contribution in [-0.4, -0.2) is 11.8 Å². The Labute approximate surface area is 172 Å². The number of fused-ring (bicyclic) bond motifs is 1. The summed E-state index contributed by atoms with van der Waals surface area (Å²) >= 11 is 0. The minimum absolute atomic E-state index is 0.0608. The number of nitrogens with zero attached hydrogens (tertiary/aromatic N) is 3. The van der Waals surface area contributed by atoms with Crippen LogP contribution in [0.1, 0.15) is 51.5 Å². The van der Waals surface area contributed by atoms with Crippen molar-refractivity contribution < 1.29 is 4.74 Å². The van der Waals surface area contributed by atoms with E-state index in [1.54, 1.807) is 0 Å². The fourth-order valence-corrected chi connectivity index (χ4v) is 4.88. The van der Waals surface area contributed by atoms with E-state index >= 15 is 0 Å². The van der Waals surface area contributed by atoms with Gasteiger partial charge in [-0.2, -0.15) is 15.8 Å². The van der Waals surface area contributed by atoms with Crippen LogP contribution >= 0.6 is 0 Å². The average molecular weight is 386 g/mol. The zero-order chi connectivity index (χ0) is 21.2. The molecule has 0 amide bonds. The molecule has 29 heavy (non-hydrogen) atoms. The van der Waals surface area contributed by atoms with Gasteiger partial charge in [-0.1, -0.05) is 37.6 Å². The Morgan fingerprint density at radius 1 is 1.21 bits per heavy atom. The summed E-state index contributed by atoms with van der Waals surface area (Å²) < 4.78 is 6.03. The Kier molecular flexibility index (Phi) is 5.76. The van der Waals surface area contributed by atoms with Crippen molar-refractivity contribution in [2.45, 2.75) is 52.1 Å². The van der Waals surface area contributed by atoms with Crippen molar-refractivity contribution in [1.82, 2.24) is 0 Å². The number of nitrogens with one attached hydrogen (secondary N) is 1. The normalized spacial score (nSPS) is 27.8. The number of rotatable bonds is 4. The molecule has 148 valence electrons. The highest BCUT2D eigenvalue weighted by Crippen LogP contribution is 2.57. The highest BCUT2D eigenvalue weighted by atomic mass is 16.5. The second-order valence-corrected chi connectivity index (χ2v) is 8.25. The van der Waals surface area contributed by atoms with Crippen LogP contribution in [0.15, 0.2) is 35.9 Å². The summed E-state index contributed by atoms with van der Waals surface area (Å²) in [5.41, 5.74) is -0.119. The molecule has 5 nitrogen and oxygen atoms in total. The lowest BCUT2D eigenvalue weighted by molar-refractivity contribution is 0.225. The van der Waals surface area contributed by atoms with Gasteiger partial charge in [0.2, 0.25) is 0 Å². The Balaban J connectivity index is 2.27. The van der Waals surface area contributed by atoms with E-state index in [-0.39, 0.29) is 17.7 Å². The number of benzene rings is 1. The summed E-state index contributed by atoms with van der Waals surface area (Å²) in [6, 6.07) is 14.0. The highest BCUT2D eigenvalue weighted by molar-refractivity contribution is 6.00. The summed E-state index contributed by atoms with van der Waals surface area (Å²) in [4.78, 5) is 0. The topological polar surface area (TPSA) is 104 Å². The van der Waals surface area contributed by atoms with Gasteiger partial charge in [0.05, 0.1) is 30.0 Å². The Morgan fingerprint density at radius 3 is 2.48 bits per heavy atom. The molecular formula is C24H26N4O. The van der Waals surface area contributed by atoms with Crippen molar-refractivity contribution in [3.63, 3.8) is 0 Å². The van der Waals surface area contributed by atoms with E-state index in [0.29, 0.717) is 11.7 Å². The lowest BCUT2D eigenvalue weighted by Crippen LogP contribution is -2.49. The third-order valence-electron chi connectivity index (χ3n) is 6.29. The SMILES string of the molecule is CC[C@@H]1CC=C2C(C#N)C(=N)C(C#N)(C#N)[C@@H](c3ccccc3OC(C)C)[C@@H]2C1. The van der Waals surface area contributed by atoms with Crippen LogP contribution in [-0.2, 0) is 0 Å². The zero-order valence-corrected chi connectivity index (χ0v) is 17.1. The molecule has 1 fully saturated rings. The molecule has 0 saturated heterocycles. The first-order valence-electron chi connectivity index (χ1n) is 10.2. The molecule has 1 N–H and O–H groups in total. The first-order chi connectivity index (χ1) is 13.9. The minimum Gasteiger partial charge on any atom is -0.491 e. The van der Waals surface area contributed by atoms with E-state index in [1.807, 2.05) is 38.1 Å². The Bertz CT molecular complexity index is 942. The van der Waals surface area contributed by atoms with Gasteiger partial charge in [-0.3, -0.25) is 0 Å². The smallest absolute Gasteiger partial charge is 0.189 e. The molecule has 1 unspecified atom stereocenters. The predicted octanol–water partition coefficient (Wildman–Crippen LogP) is 5.13. The number of para-hydroxylation sites is 1. The second kappa shape index (κ2) is 8.10. The van der Waals surface area contributed by atoms with Gasteiger partial charge in [0.25, 0.3) is 0 Å². The van der Waals surface area contributed by atoms with Crippen LogP contribution in [0.5, 0.6) is 5.75 Å². The van der Waals surface area contributed by atoms with Gasteiger partial charge in [0, 0.05) is 11.5 Å². The van der Waals surface area contributed by atoms with E-state index in [1.165, 1.54) is 0 Å². The Hall–Kier alpha value is -3.10. The molecule has 0 spiro atoms. The average Bonchev–Trinajstić information content (AvgIpc) is 2.73. The number of hydrogen-bond donors (Lipinski definition) is 1. The molecule has 0 heterocycles. The van der Waals surface area contributed by atoms with Crippen LogP contribution in [0.3, 0.4) is 0 Å². The fraction of sp³-hybridized carbons (Fsp3) is 0.500. The summed E-state index contributed by atoms with van der Waals surface area (Å²) in [5.74, 6) is -0.407. The maximum absolute atomic E-state index is 10.2. The van der Waals surface area contributed by atoms with Crippen LogP contribution < -0.4 is 4.74 Å². The molecule has 4 atom stereocenters. The maximum atomic E-state index is 10.2. The maximum Gasteiger partial charge on any atom is 0.189 e. The quantitative estimate of drug-likeness (QED) is 0.724. The standard InChI is InChI=1S/C24H26N4O/c1-4-16-9-10-17-19(11-16)22(18-7-5-6-8-21(18)29-15(2)3)24(13-26,14-27)23(28)20(17)12-25/h5-8,10,15-16,19-20,22,28H,4,9,11H2,1-3H3/t16-,19-,20?,22+/m1/s1. The lowest BCUT2D eigenvalue weighted by atomic mass is 9.52. The lowest BCUT2D eigenvalue weighted by Gasteiger charge is -2.47. The molecule has 5 heteroatoms. The number of nitriles is 3. The summed E-state index contributed by atoms with van der Waals surface area (Å²) in [6.45, 7) is 6.02. The molecule has 0 radical (unpaired) electrons. The largest absolute Gasteiger partial charge is 0.491 e. The van der Waals surface area contributed by atoms with Gasteiger partial charge >= 0.3 is 0 Å². The van der Waals surface area contributed by atoms with Gasteiger partial charge in [0.15, 0.2) is 5.41 Å². The van der Waals surface area contributed by atoms with Crippen LogP contribution in [0.2, 0.25) is 0 Å². The van der Waals surface area contributed by atoms with Crippen LogP contribution in [0.4, 0.5) is 0 Å². The molecular weight excluding hydrogens is 360 g/mol. The molecule has 1 aromatic carbocycles. The van der Waals surface area contributed by atoms with Crippen molar-refractivity contribution in [3.05, 3.63) is 41.5 Å². The zero-order valence-electron chi connectivity index (χ0n) is 17.1. The van der Waals surface area contributed by atoms with Gasteiger partial charge in [-0.05, 0) is 50.2 Å². The van der Waals surface area contributed by atoms with Gasteiger partial charge in [-0.15, -0.1) is 0 Å². The van der Waals surface area contributed by atoms with E-state index in [4.69, 9.17) is 10.1 Å². The number of hydrogen-bond acceptors (Lipinski definition) is 5. The third kappa shape index (κ3) is 3.30.